The van der Waals surface area contributed by atoms with Gasteiger partial charge in [0.15, 0.2) is 0 Å². The lowest BCUT2D eigenvalue weighted by molar-refractivity contribution is 0.617. The van der Waals surface area contributed by atoms with E-state index in [4.69, 9.17) is 0 Å². The minimum atomic E-state index is 0.161. The molecule has 0 aliphatic carbocycles. The molecule has 1 aromatic rings. The summed E-state index contributed by atoms with van der Waals surface area (Å²) >= 11 is 0. The fraction of sp³-hybridized carbons (Fsp3) is 0.500. The smallest absolute Gasteiger partial charge is 0.250 e. The van der Waals surface area contributed by atoms with E-state index in [2.05, 4.69) is 6.07 Å². The summed E-state index contributed by atoms with van der Waals surface area (Å²) in [5.41, 5.74) is 1.37. The van der Waals surface area contributed by atoms with E-state index in [1.54, 1.807) is 6.07 Å². The van der Waals surface area contributed by atoms with Crippen molar-refractivity contribution in [3.05, 3.63) is 34.2 Å². The van der Waals surface area contributed by atoms with E-state index in [1.807, 2.05) is 10.6 Å². The van der Waals surface area contributed by atoms with Gasteiger partial charge in [0.2, 0.25) is 0 Å². The van der Waals surface area contributed by atoms with Crippen LogP contribution in [0.3, 0.4) is 0 Å². The highest BCUT2D eigenvalue weighted by molar-refractivity contribution is 5.07. The topological polar surface area (TPSA) is 22.0 Å². The molecule has 2 nitrogen and oxygen atoms in total. The van der Waals surface area contributed by atoms with E-state index < -0.39 is 0 Å². The van der Waals surface area contributed by atoms with Gasteiger partial charge in [-0.1, -0.05) is 12.5 Å². The first-order valence-corrected chi connectivity index (χ1v) is 4.57. The molecule has 2 heterocycles. The first-order valence-electron chi connectivity index (χ1n) is 4.57. The van der Waals surface area contributed by atoms with Crippen LogP contribution in [0.25, 0.3) is 0 Å². The van der Waals surface area contributed by atoms with Crippen molar-refractivity contribution in [2.45, 2.75) is 32.2 Å². The van der Waals surface area contributed by atoms with Crippen LogP contribution in [0.15, 0.2) is 23.0 Å². The number of nitrogens with zero attached hydrogens (tertiary/aromatic N) is 1. The van der Waals surface area contributed by atoms with Crippen molar-refractivity contribution in [2.75, 3.05) is 0 Å². The summed E-state index contributed by atoms with van der Waals surface area (Å²) in [7, 11) is 0. The average Bonchev–Trinajstić information content (AvgIpc) is 2.30. The molecule has 1 aliphatic rings. The Balaban J connectivity index is 2.49. The molecule has 64 valence electrons. The Hall–Kier alpha value is -1.05. The molecular formula is C10H13NO. The molecule has 0 N–H and O–H groups in total. The second-order valence-electron chi connectivity index (χ2n) is 3.32. The number of fused-ring (bicyclic) bond motifs is 1. The summed E-state index contributed by atoms with van der Waals surface area (Å²) in [4.78, 5) is 11.4. The van der Waals surface area contributed by atoms with Gasteiger partial charge in [0.25, 0.3) is 5.56 Å². The second-order valence-corrected chi connectivity index (χ2v) is 3.32. The van der Waals surface area contributed by atoms with Crippen LogP contribution in [0.2, 0.25) is 0 Å². The summed E-state index contributed by atoms with van der Waals surface area (Å²) in [6, 6.07) is 5.57. The minimum Gasteiger partial charge on any atom is -0.313 e. The van der Waals surface area contributed by atoms with Gasteiger partial charge in [-0.05, 0) is 25.3 Å². The number of aromatic nitrogens is 1. The largest absolute Gasteiger partial charge is 0.313 e. The average molecular weight is 163 g/mol. The van der Waals surface area contributed by atoms with Gasteiger partial charge in [-0.3, -0.25) is 4.79 Å². The maximum Gasteiger partial charge on any atom is 0.250 e. The zero-order valence-corrected chi connectivity index (χ0v) is 7.12. The van der Waals surface area contributed by atoms with E-state index in [-0.39, 0.29) is 5.56 Å². The Bertz CT molecular complexity index is 327. The fourth-order valence-corrected chi connectivity index (χ4v) is 1.79. The molecule has 0 aromatic carbocycles. The van der Waals surface area contributed by atoms with Crippen LogP contribution < -0.4 is 5.56 Å². The molecule has 0 saturated carbocycles. The minimum absolute atomic E-state index is 0.161. The maximum atomic E-state index is 11.4. The maximum absolute atomic E-state index is 11.4. The molecule has 1 aromatic heterocycles. The lowest BCUT2D eigenvalue weighted by Crippen LogP contribution is -2.21. The van der Waals surface area contributed by atoms with Crippen molar-refractivity contribution in [3.63, 3.8) is 0 Å². The number of hydrogen-bond acceptors (Lipinski definition) is 1. The van der Waals surface area contributed by atoms with Gasteiger partial charge >= 0.3 is 0 Å². The second kappa shape index (κ2) is 3.13. The van der Waals surface area contributed by atoms with E-state index in [9.17, 15) is 4.79 Å². The Kier molecular flexibility index (Phi) is 1.98. The molecule has 12 heavy (non-hydrogen) atoms. The molecule has 0 unspecified atom stereocenters. The summed E-state index contributed by atoms with van der Waals surface area (Å²) in [6.07, 6.45) is 4.69. The normalized spacial score (nSPS) is 16.7. The Morgan fingerprint density at radius 3 is 3.00 bits per heavy atom. The van der Waals surface area contributed by atoms with Crippen molar-refractivity contribution in [2.24, 2.45) is 0 Å². The van der Waals surface area contributed by atoms with Crippen molar-refractivity contribution in [1.82, 2.24) is 4.57 Å². The number of rotatable bonds is 0. The molecule has 0 fully saturated rings. The van der Waals surface area contributed by atoms with Crippen LogP contribution >= 0.6 is 0 Å². The molecule has 0 atom stereocenters. The third-order valence-corrected chi connectivity index (χ3v) is 2.45. The number of pyridine rings is 1. The number of hydrogen-bond donors (Lipinski definition) is 0. The van der Waals surface area contributed by atoms with Crippen LogP contribution in [0.5, 0.6) is 0 Å². The van der Waals surface area contributed by atoms with Crippen molar-refractivity contribution in [1.29, 1.82) is 0 Å². The van der Waals surface area contributed by atoms with Crippen molar-refractivity contribution < 1.29 is 0 Å². The van der Waals surface area contributed by atoms with Crippen LogP contribution in [-0.4, -0.2) is 4.57 Å². The number of aryl methyl sites for hydroxylation is 1. The summed E-state index contributed by atoms with van der Waals surface area (Å²) in [5, 5.41) is 0. The predicted octanol–water partition coefficient (Wildman–Crippen LogP) is 1.57. The first-order chi connectivity index (χ1) is 5.88. The van der Waals surface area contributed by atoms with Gasteiger partial charge in [0, 0.05) is 18.3 Å². The zero-order valence-electron chi connectivity index (χ0n) is 7.12. The lowest BCUT2D eigenvalue weighted by atomic mass is 10.2. The van der Waals surface area contributed by atoms with Crippen LogP contribution in [0.1, 0.15) is 25.0 Å². The molecule has 2 heteroatoms. The van der Waals surface area contributed by atoms with E-state index in [1.165, 1.54) is 18.5 Å². The third-order valence-electron chi connectivity index (χ3n) is 2.45. The highest BCUT2D eigenvalue weighted by Crippen LogP contribution is 2.11. The quantitative estimate of drug-likeness (QED) is 0.569. The zero-order chi connectivity index (χ0) is 8.39. The fourth-order valence-electron chi connectivity index (χ4n) is 1.79. The van der Waals surface area contributed by atoms with Crippen LogP contribution in [-0.2, 0) is 13.0 Å². The van der Waals surface area contributed by atoms with E-state index >= 15 is 0 Å². The Morgan fingerprint density at radius 2 is 2.08 bits per heavy atom. The molecule has 0 radical (unpaired) electrons. The molecule has 0 bridgehead atoms. The summed E-state index contributed by atoms with van der Waals surface area (Å²) in [6.45, 7) is 0.912. The van der Waals surface area contributed by atoms with Crippen LogP contribution in [0.4, 0.5) is 0 Å². The SMILES string of the molecule is O=c1cccc2n1CCCCC2. The summed E-state index contributed by atoms with van der Waals surface area (Å²) in [5.74, 6) is 0. The molecular weight excluding hydrogens is 150 g/mol. The molecule has 0 saturated heterocycles. The molecule has 1 aliphatic heterocycles. The van der Waals surface area contributed by atoms with Gasteiger partial charge < -0.3 is 4.57 Å². The van der Waals surface area contributed by atoms with Gasteiger partial charge in [-0.2, -0.15) is 0 Å². The highest BCUT2D eigenvalue weighted by Gasteiger charge is 2.06. The third kappa shape index (κ3) is 1.29. The molecule has 0 amide bonds. The van der Waals surface area contributed by atoms with Crippen LogP contribution in [0, 0.1) is 0 Å². The molecule has 2 rings (SSSR count). The first kappa shape index (κ1) is 7.59. The summed E-state index contributed by atoms with van der Waals surface area (Å²) < 4.78 is 1.91. The van der Waals surface area contributed by atoms with Crippen molar-refractivity contribution >= 4 is 0 Å². The Labute approximate surface area is 71.8 Å². The standard InChI is InChI=1S/C10H13NO/c12-10-7-4-6-9-5-2-1-3-8-11(9)10/h4,6-7H,1-3,5,8H2. The van der Waals surface area contributed by atoms with E-state index in [0.29, 0.717) is 0 Å². The van der Waals surface area contributed by atoms with Crippen molar-refractivity contribution in [3.8, 4) is 0 Å². The highest BCUT2D eigenvalue weighted by atomic mass is 16.1. The van der Waals surface area contributed by atoms with Gasteiger partial charge in [-0.25, -0.2) is 0 Å². The lowest BCUT2D eigenvalue weighted by Gasteiger charge is -2.06. The van der Waals surface area contributed by atoms with Gasteiger partial charge in [0.05, 0.1) is 0 Å². The molecule has 0 spiro atoms. The van der Waals surface area contributed by atoms with Gasteiger partial charge in [-0.15, -0.1) is 0 Å². The predicted molar refractivity (Wildman–Crippen MR) is 48.3 cm³/mol. The van der Waals surface area contributed by atoms with Gasteiger partial charge in [0.1, 0.15) is 0 Å². The Morgan fingerprint density at radius 1 is 1.17 bits per heavy atom. The monoisotopic (exact) mass is 163 g/mol. The van der Waals surface area contributed by atoms with E-state index in [0.717, 1.165) is 19.4 Å².